The quantitative estimate of drug-likeness (QED) is 0.795. The van der Waals surface area contributed by atoms with Gasteiger partial charge >= 0.3 is 6.09 Å². The molecule has 2 aliphatic rings. The first-order chi connectivity index (χ1) is 11.3. The Bertz CT molecular complexity index is 572. The van der Waals surface area contributed by atoms with E-state index in [-0.39, 0.29) is 6.09 Å². The Morgan fingerprint density at radius 3 is 2.21 bits per heavy atom. The number of hydrogen-bond donors (Lipinski definition) is 0. The van der Waals surface area contributed by atoms with Crippen LogP contribution in [-0.2, 0) is 4.74 Å². The third kappa shape index (κ3) is 3.68. The molecule has 0 unspecified atom stereocenters. The van der Waals surface area contributed by atoms with Gasteiger partial charge in [-0.1, -0.05) is 12.1 Å². The van der Waals surface area contributed by atoms with Crippen molar-refractivity contribution in [2.45, 2.75) is 58.0 Å². The predicted molar refractivity (Wildman–Crippen MR) is 94.4 cm³/mol. The lowest BCUT2D eigenvalue weighted by Crippen LogP contribution is -2.49. The summed E-state index contributed by atoms with van der Waals surface area (Å²) in [6.07, 6.45) is 4.50. The van der Waals surface area contributed by atoms with Crippen LogP contribution >= 0.6 is 0 Å². The van der Waals surface area contributed by atoms with Gasteiger partial charge in [0.25, 0.3) is 0 Å². The molecule has 0 radical (unpaired) electrons. The molecule has 1 saturated heterocycles. The molecule has 0 N–H and O–H groups in total. The molecule has 1 aliphatic heterocycles. The summed E-state index contributed by atoms with van der Waals surface area (Å²) in [5, 5.41) is 0. The Balaban J connectivity index is 1.50. The lowest BCUT2D eigenvalue weighted by molar-refractivity contribution is -0.0121. The molecule has 24 heavy (non-hydrogen) atoms. The number of piperidine rings is 1. The van der Waals surface area contributed by atoms with Crippen molar-refractivity contribution < 1.29 is 14.3 Å². The maximum atomic E-state index is 12.2. The monoisotopic (exact) mass is 331 g/mol. The van der Waals surface area contributed by atoms with Gasteiger partial charge in [0.1, 0.15) is 11.4 Å². The summed E-state index contributed by atoms with van der Waals surface area (Å²) in [4.78, 5) is 14.0. The number of rotatable bonds is 2. The first kappa shape index (κ1) is 17.1. The van der Waals surface area contributed by atoms with Crippen molar-refractivity contribution in [3.8, 4) is 5.75 Å². The summed E-state index contributed by atoms with van der Waals surface area (Å²) >= 11 is 0. The molecule has 1 amide bonds. The third-order valence-corrected chi connectivity index (χ3v) is 5.42. The molecule has 1 spiro atoms. The topological polar surface area (TPSA) is 38.8 Å². The zero-order chi connectivity index (χ0) is 17.4. The van der Waals surface area contributed by atoms with E-state index in [1.54, 1.807) is 7.11 Å². The van der Waals surface area contributed by atoms with E-state index in [9.17, 15) is 4.79 Å². The average Bonchev–Trinajstić information content (AvgIpc) is 2.51. The second-order valence-corrected chi connectivity index (χ2v) is 8.35. The smallest absolute Gasteiger partial charge is 0.410 e. The standard InChI is InChI=1S/C20H29NO3/c1-19(2,3)24-18(22)21-11-9-20(10-12-21)13-16(14-20)15-5-7-17(23-4)8-6-15/h5-8,16H,9-14H2,1-4H3. The molecule has 0 atom stereocenters. The Morgan fingerprint density at radius 2 is 1.71 bits per heavy atom. The normalized spacial score (nSPS) is 20.6. The van der Waals surface area contributed by atoms with Crippen molar-refractivity contribution in [2.75, 3.05) is 20.2 Å². The molecular formula is C20H29NO3. The van der Waals surface area contributed by atoms with Crippen LogP contribution in [0.15, 0.2) is 24.3 Å². The van der Waals surface area contributed by atoms with Crippen molar-refractivity contribution in [3.05, 3.63) is 29.8 Å². The number of likely N-dealkylation sites (tertiary alicyclic amines) is 1. The molecule has 3 rings (SSSR count). The lowest BCUT2D eigenvalue weighted by atomic mass is 9.56. The Labute approximate surface area is 145 Å². The molecule has 1 saturated carbocycles. The van der Waals surface area contributed by atoms with Crippen LogP contribution in [0.2, 0.25) is 0 Å². The first-order valence-corrected chi connectivity index (χ1v) is 8.92. The van der Waals surface area contributed by atoms with Gasteiger partial charge in [-0.25, -0.2) is 4.79 Å². The van der Waals surface area contributed by atoms with Crippen LogP contribution in [0.5, 0.6) is 5.75 Å². The van der Waals surface area contributed by atoms with Gasteiger partial charge in [0.05, 0.1) is 7.11 Å². The summed E-state index contributed by atoms with van der Waals surface area (Å²) in [5.41, 5.74) is 1.43. The average molecular weight is 331 g/mol. The van der Waals surface area contributed by atoms with Gasteiger partial charge in [-0.2, -0.15) is 0 Å². The molecule has 132 valence electrons. The number of amides is 1. The second kappa shape index (κ2) is 6.30. The summed E-state index contributed by atoms with van der Waals surface area (Å²) < 4.78 is 10.7. The van der Waals surface area contributed by atoms with E-state index in [0.717, 1.165) is 31.7 Å². The van der Waals surface area contributed by atoms with Crippen LogP contribution in [0, 0.1) is 5.41 Å². The van der Waals surface area contributed by atoms with Crippen LogP contribution in [0.25, 0.3) is 0 Å². The van der Waals surface area contributed by atoms with E-state index >= 15 is 0 Å². The molecule has 2 fully saturated rings. The van der Waals surface area contributed by atoms with Gasteiger partial charge in [-0.3, -0.25) is 0 Å². The molecule has 4 heteroatoms. The van der Waals surface area contributed by atoms with Crippen LogP contribution in [0.1, 0.15) is 57.9 Å². The van der Waals surface area contributed by atoms with E-state index in [1.807, 2.05) is 37.8 Å². The molecule has 1 heterocycles. The Hall–Kier alpha value is -1.71. The van der Waals surface area contributed by atoms with E-state index in [4.69, 9.17) is 9.47 Å². The number of nitrogens with zero attached hydrogens (tertiary/aromatic N) is 1. The number of ether oxygens (including phenoxy) is 2. The van der Waals surface area contributed by atoms with Crippen LogP contribution < -0.4 is 4.74 Å². The lowest BCUT2D eigenvalue weighted by Gasteiger charge is -2.52. The van der Waals surface area contributed by atoms with Crippen LogP contribution in [0.3, 0.4) is 0 Å². The number of hydrogen-bond acceptors (Lipinski definition) is 3. The highest BCUT2D eigenvalue weighted by atomic mass is 16.6. The molecular weight excluding hydrogens is 302 g/mol. The summed E-state index contributed by atoms with van der Waals surface area (Å²) in [6.45, 7) is 7.40. The van der Waals surface area contributed by atoms with E-state index in [1.165, 1.54) is 18.4 Å². The number of carbonyl (C=O) groups is 1. The van der Waals surface area contributed by atoms with Crippen LogP contribution in [-0.4, -0.2) is 36.8 Å². The van der Waals surface area contributed by atoms with E-state index in [0.29, 0.717) is 11.3 Å². The highest BCUT2D eigenvalue weighted by molar-refractivity contribution is 5.68. The van der Waals surface area contributed by atoms with Gasteiger partial charge in [0.15, 0.2) is 0 Å². The molecule has 1 aromatic rings. The molecule has 4 nitrogen and oxygen atoms in total. The Morgan fingerprint density at radius 1 is 1.12 bits per heavy atom. The van der Waals surface area contributed by atoms with Gasteiger partial charge in [0.2, 0.25) is 0 Å². The van der Waals surface area contributed by atoms with Crippen molar-refractivity contribution in [1.82, 2.24) is 4.90 Å². The zero-order valence-electron chi connectivity index (χ0n) is 15.3. The van der Waals surface area contributed by atoms with Crippen molar-refractivity contribution >= 4 is 6.09 Å². The maximum Gasteiger partial charge on any atom is 0.410 e. The maximum absolute atomic E-state index is 12.2. The molecule has 0 bridgehead atoms. The fourth-order valence-electron chi connectivity index (χ4n) is 4.00. The molecule has 1 aromatic carbocycles. The summed E-state index contributed by atoms with van der Waals surface area (Å²) in [5.74, 6) is 1.57. The minimum atomic E-state index is -0.415. The van der Waals surface area contributed by atoms with Gasteiger partial charge in [-0.15, -0.1) is 0 Å². The van der Waals surface area contributed by atoms with E-state index < -0.39 is 5.60 Å². The highest BCUT2D eigenvalue weighted by Gasteiger charge is 2.47. The fourth-order valence-corrected chi connectivity index (χ4v) is 4.00. The SMILES string of the molecule is COc1ccc(C2CC3(CCN(C(=O)OC(C)(C)C)CC3)C2)cc1. The zero-order valence-corrected chi connectivity index (χ0v) is 15.3. The van der Waals surface area contributed by atoms with Gasteiger partial charge in [-0.05, 0) is 75.5 Å². The highest BCUT2D eigenvalue weighted by Crippen LogP contribution is 2.56. The number of benzene rings is 1. The van der Waals surface area contributed by atoms with Gasteiger partial charge in [0, 0.05) is 13.1 Å². The Kier molecular flexibility index (Phi) is 4.50. The summed E-state index contributed by atoms with van der Waals surface area (Å²) in [7, 11) is 1.70. The number of methoxy groups -OCH3 is 1. The van der Waals surface area contributed by atoms with Crippen molar-refractivity contribution in [3.63, 3.8) is 0 Å². The van der Waals surface area contributed by atoms with Crippen LogP contribution in [0.4, 0.5) is 4.79 Å². The minimum absolute atomic E-state index is 0.164. The fraction of sp³-hybridized carbons (Fsp3) is 0.650. The number of carbonyl (C=O) groups excluding carboxylic acids is 1. The van der Waals surface area contributed by atoms with Gasteiger partial charge < -0.3 is 14.4 Å². The predicted octanol–water partition coefficient (Wildman–Crippen LogP) is 4.59. The van der Waals surface area contributed by atoms with Crippen molar-refractivity contribution in [1.29, 1.82) is 0 Å². The third-order valence-electron chi connectivity index (χ3n) is 5.42. The molecule has 1 aliphatic carbocycles. The van der Waals surface area contributed by atoms with Crippen molar-refractivity contribution in [2.24, 2.45) is 5.41 Å². The van der Waals surface area contributed by atoms with E-state index in [2.05, 4.69) is 12.1 Å². The second-order valence-electron chi connectivity index (χ2n) is 8.35. The minimum Gasteiger partial charge on any atom is -0.497 e. The summed E-state index contributed by atoms with van der Waals surface area (Å²) in [6, 6.07) is 8.47. The molecule has 0 aromatic heterocycles. The first-order valence-electron chi connectivity index (χ1n) is 8.92. The largest absolute Gasteiger partial charge is 0.497 e.